The van der Waals surface area contributed by atoms with Crippen molar-refractivity contribution in [3.63, 3.8) is 0 Å². The lowest BCUT2D eigenvalue weighted by molar-refractivity contribution is -0.127. The van der Waals surface area contributed by atoms with Crippen LogP contribution in [0.15, 0.2) is 24.3 Å². The van der Waals surface area contributed by atoms with Gasteiger partial charge in [0.2, 0.25) is 5.91 Å². The maximum atomic E-state index is 12.9. The van der Waals surface area contributed by atoms with Crippen molar-refractivity contribution >= 4 is 11.8 Å². The van der Waals surface area contributed by atoms with Crippen LogP contribution in [0.3, 0.4) is 0 Å². The lowest BCUT2D eigenvalue weighted by Gasteiger charge is -2.32. The molecular weight excluding hydrogens is 288 g/mol. The van der Waals surface area contributed by atoms with Crippen LogP contribution in [0.5, 0.6) is 0 Å². The zero-order valence-corrected chi connectivity index (χ0v) is 14.0. The lowest BCUT2D eigenvalue weighted by atomic mass is 9.94. The average Bonchev–Trinajstić information content (AvgIpc) is 2.88. The van der Waals surface area contributed by atoms with Gasteiger partial charge in [0.05, 0.1) is 0 Å². The minimum atomic E-state index is -0.476. The minimum Gasteiger partial charge on any atom is -0.351 e. The first-order valence-electron chi connectivity index (χ1n) is 8.85. The Morgan fingerprint density at radius 2 is 1.96 bits per heavy atom. The first kappa shape index (κ1) is 16.0. The van der Waals surface area contributed by atoms with E-state index in [2.05, 4.69) is 12.2 Å². The molecule has 1 N–H and O–H groups in total. The molecule has 2 amide bonds. The molecule has 0 bridgehead atoms. The highest BCUT2D eigenvalue weighted by atomic mass is 16.2. The van der Waals surface area contributed by atoms with Gasteiger partial charge >= 0.3 is 0 Å². The molecule has 1 aliphatic carbocycles. The zero-order valence-electron chi connectivity index (χ0n) is 14.0. The second kappa shape index (κ2) is 6.73. The summed E-state index contributed by atoms with van der Waals surface area (Å²) in [7, 11) is 0. The van der Waals surface area contributed by atoms with Gasteiger partial charge in [0.15, 0.2) is 0 Å². The number of carbonyl (C=O) groups excluding carboxylic acids is 2. The molecule has 1 aromatic carbocycles. The molecule has 23 heavy (non-hydrogen) atoms. The van der Waals surface area contributed by atoms with Gasteiger partial charge in [0, 0.05) is 17.6 Å². The number of nitrogens with zero attached hydrogens (tertiary/aromatic N) is 1. The Kier molecular flexibility index (Phi) is 4.69. The van der Waals surface area contributed by atoms with Gasteiger partial charge in [-0.05, 0) is 37.8 Å². The number of hydrogen-bond donors (Lipinski definition) is 1. The predicted octanol–water partition coefficient (Wildman–Crippen LogP) is 3.43. The predicted molar refractivity (Wildman–Crippen MR) is 90.1 cm³/mol. The van der Waals surface area contributed by atoms with Gasteiger partial charge in [-0.15, -0.1) is 0 Å². The van der Waals surface area contributed by atoms with Crippen molar-refractivity contribution in [2.45, 2.75) is 70.5 Å². The van der Waals surface area contributed by atoms with Crippen LogP contribution in [0.1, 0.15) is 74.3 Å². The van der Waals surface area contributed by atoms with Crippen molar-refractivity contribution in [3.8, 4) is 0 Å². The SMILES string of the molecule is CCC(C)N1C(=O)c2ccccc2C1C(=O)NC1CCCCC1. The molecule has 1 heterocycles. The zero-order chi connectivity index (χ0) is 16.4. The minimum absolute atomic E-state index is 0.0151. The van der Waals surface area contributed by atoms with Gasteiger partial charge in [0.1, 0.15) is 6.04 Å². The van der Waals surface area contributed by atoms with E-state index < -0.39 is 6.04 Å². The van der Waals surface area contributed by atoms with E-state index in [1.54, 1.807) is 4.90 Å². The topological polar surface area (TPSA) is 49.4 Å². The first-order chi connectivity index (χ1) is 11.1. The summed E-state index contributed by atoms with van der Waals surface area (Å²) >= 11 is 0. The number of benzene rings is 1. The van der Waals surface area contributed by atoms with Crippen molar-refractivity contribution in [1.82, 2.24) is 10.2 Å². The fraction of sp³-hybridized carbons (Fsp3) is 0.579. The van der Waals surface area contributed by atoms with Crippen molar-refractivity contribution in [2.24, 2.45) is 0 Å². The van der Waals surface area contributed by atoms with E-state index in [4.69, 9.17) is 0 Å². The Morgan fingerprint density at radius 1 is 1.26 bits per heavy atom. The molecule has 1 aromatic rings. The molecular formula is C19H26N2O2. The summed E-state index contributed by atoms with van der Waals surface area (Å²) < 4.78 is 0. The van der Waals surface area contributed by atoms with Crippen molar-refractivity contribution in [2.75, 3.05) is 0 Å². The van der Waals surface area contributed by atoms with Gasteiger partial charge < -0.3 is 10.2 Å². The van der Waals surface area contributed by atoms with Crippen LogP contribution in [-0.4, -0.2) is 28.8 Å². The Hall–Kier alpha value is -1.84. The summed E-state index contributed by atoms with van der Waals surface area (Å²) in [6.45, 7) is 4.07. The lowest BCUT2D eigenvalue weighted by Crippen LogP contribution is -2.46. The molecule has 0 aromatic heterocycles. The molecule has 3 rings (SSSR count). The van der Waals surface area contributed by atoms with Crippen LogP contribution < -0.4 is 5.32 Å². The summed E-state index contributed by atoms with van der Waals surface area (Å²) in [6, 6.07) is 7.37. The van der Waals surface area contributed by atoms with Gasteiger partial charge in [-0.2, -0.15) is 0 Å². The van der Waals surface area contributed by atoms with E-state index in [1.807, 2.05) is 31.2 Å². The smallest absolute Gasteiger partial charge is 0.255 e. The first-order valence-corrected chi connectivity index (χ1v) is 8.85. The fourth-order valence-corrected chi connectivity index (χ4v) is 3.78. The van der Waals surface area contributed by atoms with Crippen LogP contribution >= 0.6 is 0 Å². The van der Waals surface area contributed by atoms with E-state index in [0.717, 1.165) is 24.8 Å². The molecule has 2 unspecified atom stereocenters. The Morgan fingerprint density at radius 3 is 2.65 bits per heavy atom. The van der Waals surface area contributed by atoms with Gasteiger partial charge in [-0.25, -0.2) is 0 Å². The van der Waals surface area contributed by atoms with Crippen molar-refractivity contribution in [3.05, 3.63) is 35.4 Å². The summed E-state index contributed by atoms with van der Waals surface area (Å²) in [6.07, 6.45) is 6.57. The number of nitrogens with one attached hydrogen (secondary N) is 1. The summed E-state index contributed by atoms with van der Waals surface area (Å²) in [5, 5.41) is 3.20. The van der Waals surface area contributed by atoms with Gasteiger partial charge in [-0.1, -0.05) is 44.4 Å². The van der Waals surface area contributed by atoms with Crippen LogP contribution in [0, 0.1) is 0 Å². The number of amides is 2. The number of rotatable bonds is 4. The molecule has 4 nitrogen and oxygen atoms in total. The molecule has 124 valence electrons. The highest BCUT2D eigenvalue weighted by Crippen LogP contribution is 2.36. The highest BCUT2D eigenvalue weighted by molar-refractivity contribution is 6.04. The summed E-state index contributed by atoms with van der Waals surface area (Å²) in [5.74, 6) is -0.0331. The van der Waals surface area contributed by atoms with Gasteiger partial charge in [-0.3, -0.25) is 9.59 Å². The van der Waals surface area contributed by atoms with E-state index in [0.29, 0.717) is 5.56 Å². The summed E-state index contributed by atoms with van der Waals surface area (Å²) in [5.41, 5.74) is 1.53. The maximum Gasteiger partial charge on any atom is 0.255 e. The molecule has 0 saturated heterocycles. The van der Waals surface area contributed by atoms with E-state index in [9.17, 15) is 9.59 Å². The van der Waals surface area contributed by atoms with Crippen molar-refractivity contribution < 1.29 is 9.59 Å². The van der Waals surface area contributed by atoms with E-state index in [1.165, 1.54) is 19.3 Å². The normalized spacial score (nSPS) is 22.8. The third kappa shape index (κ3) is 2.99. The van der Waals surface area contributed by atoms with Crippen LogP contribution in [0.4, 0.5) is 0 Å². The molecule has 0 radical (unpaired) electrons. The Labute approximate surface area is 138 Å². The monoisotopic (exact) mass is 314 g/mol. The third-order valence-electron chi connectivity index (χ3n) is 5.26. The Balaban J connectivity index is 1.86. The quantitative estimate of drug-likeness (QED) is 0.925. The molecule has 4 heteroatoms. The molecule has 1 fully saturated rings. The molecule has 0 spiro atoms. The highest BCUT2D eigenvalue weighted by Gasteiger charge is 2.43. The standard InChI is InChI=1S/C19H26N2O2/c1-3-13(2)21-17(15-11-7-8-12-16(15)19(21)23)18(22)20-14-9-5-4-6-10-14/h7-8,11-14,17H,3-6,9-10H2,1-2H3,(H,20,22). The van der Waals surface area contributed by atoms with Crippen molar-refractivity contribution in [1.29, 1.82) is 0 Å². The van der Waals surface area contributed by atoms with E-state index >= 15 is 0 Å². The number of fused-ring (bicyclic) bond motifs is 1. The molecule has 1 aliphatic heterocycles. The largest absolute Gasteiger partial charge is 0.351 e. The average molecular weight is 314 g/mol. The molecule has 1 saturated carbocycles. The second-order valence-electron chi connectivity index (χ2n) is 6.80. The van der Waals surface area contributed by atoms with Crippen LogP contribution in [-0.2, 0) is 4.79 Å². The summed E-state index contributed by atoms with van der Waals surface area (Å²) in [4.78, 5) is 27.5. The molecule has 2 aliphatic rings. The Bertz CT molecular complexity index is 593. The molecule has 2 atom stereocenters. The van der Waals surface area contributed by atoms with Gasteiger partial charge in [0.25, 0.3) is 5.91 Å². The third-order valence-corrected chi connectivity index (χ3v) is 5.26. The van der Waals surface area contributed by atoms with E-state index in [-0.39, 0.29) is 23.9 Å². The number of carbonyl (C=O) groups is 2. The maximum absolute atomic E-state index is 12.9. The number of hydrogen-bond acceptors (Lipinski definition) is 2. The fourth-order valence-electron chi connectivity index (χ4n) is 3.78. The van der Waals surface area contributed by atoms with Crippen LogP contribution in [0.2, 0.25) is 0 Å². The van der Waals surface area contributed by atoms with Crippen LogP contribution in [0.25, 0.3) is 0 Å². The second-order valence-corrected chi connectivity index (χ2v) is 6.80.